The van der Waals surface area contributed by atoms with Gasteiger partial charge < -0.3 is 20.5 Å². The molecule has 1 aliphatic heterocycles. The molecule has 0 saturated carbocycles. The summed E-state index contributed by atoms with van der Waals surface area (Å²) in [5.41, 5.74) is 1.29. The van der Waals surface area contributed by atoms with E-state index in [2.05, 4.69) is 10.6 Å². The fourth-order valence-corrected chi connectivity index (χ4v) is 4.05. The molecule has 2 atom stereocenters. The summed E-state index contributed by atoms with van der Waals surface area (Å²) in [6, 6.07) is 10.7. The zero-order chi connectivity index (χ0) is 25.0. The summed E-state index contributed by atoms with van der Waals surface area (Å²) >= 11 is 0. The predicted molar refractivity (Wildman–Crippen MR) is 130 cm³/mol. The summed E-state index contributed by atoms with van der Waals surface area (Å²) in [7, 11) is -2.28. The lowest BCUT2D eigenvalue weighted by Crippen LogP contribution is -2.43. The van der Waals surface area contributed by atoms with Crippen LogP contribution in [-0.2, 0) is 16.4 Å². The summed E-state index contributed by atoms with van der Waals surface area (Å²) in [5, 5.41) is 15.6. The number of nitrogens with zero attached hydrogens (tertiary/aromatic N) is 1. The topological polar surface area (TPSA) is 125 Å². The van der Waals surface area contributed by atoms with Gasteiger partial charge in [-0.2, -0.15) is 0 Å². The molecule has 1 unspecified atom stereocenters. The van der Waals surface area contributed by atoms with Crippen LogP contribution in [0.4, 0.5) is 5.69 Å². The van der Waals surface area contributed by atoms with Crippen LogP contribution in [0.5, 0.6) is 5.75 Å². The number of rotatable bonds is 4. The molecule has 10 heteroatoms. The standard InChI is InChI=1S/C24H31N3O6S/c1-15(2)22-14-33-21-7-5-6-16(9-21)8-19(13-28)25-23(29)17-10-18(24(30)26-22)12-20(11-17)27(3)34(4,31)32/h5-7,9-12,15,19,22,28H,8,13-14H2,1-4H3,(H,25,29)(H,26,30)/t19?,22-/m1/s1. The Labute approximate surface area is 200 Å². The van der Waals surface area contributed by atoms with Crippen molar-refractivity contribution < 1.29 is 27.9 Å². The van der Waals surface area contributed by atoms with E-state index >= 15 is 0 Å². The molecule has 9 nitrogen and oxygen atoms in total. The van der Waals surface area contributed by atoms with Crippen molar-refractivity contribution in [2.75, 3.05) is 30.8 Å². The molecule has 1 aliphatic rings. The highest BCUT2D eigenvalue weighted by molar-refractivity contribution is 7.92. The lowest BCUT2D eigenvalue weighted by atomic mass is 10.0. The number of hydrogen-bond donors (Lipinski definition) is 3. The molecule has 2 amide bonds. The molecule has 2 aromatic carbocycles. The maximum absolute atomic E-state index is 13.2. The van der Waals surface area contributed by atoms with Crippen LogP contribution in [0.2, 0.25) is 0 Å². The third-order valence-corrected chi connectivity index (χ3v) is 7.00. The number of hydrogen-bond acceptors (Lipinski definition) is 6. The molecule has 184 valence electrons. The average molecular weight is 490 g/mol. The van der Waals surface area contributed by atoms with Crippen molar-refractivity contribution in [3.63, 3.8) is 0 Å². The Morgan fingerprint density at radius 3 is 2.32 bits per heavy atom. The summed E-state index contributed by atoms with van der Waals surface area (Å²) in [5.74, 6) is -0.318. The van der Waals surface area contributed by atoms with Crippen molar-refractivity contribution in [2.24, 2.45) is 5.92 Å². The highest BCUT2D eigenvalue weighted by Gasteiger charge is 2.23. The number of carbonyl (C=O) groups is 2. The second-order valence-corrected chi connectivity index (χ2v) is 10.9. The van der Waals surface area contributed by atoms with Gasteiger partial charge in [0.2, 0.25) is 10.0 Å². The van der Waals surface area contributed by atoms with Gasteiger partial charge in [-0.15, -0.1) is 0 Å². The number of aliphatic hydroxyl groups is 1. The summed E-state index contributed by atoms with van der Waals surface area (Å²) in [4.78, 5) is 26.2. The minimum absolute atomic E-state index is 0.0474. The molecule has 0 radical (unpaired) electrons. The number of sulfonamides is 1. The molecule has 34 heavy (non-hydrogen) atoms. The van der Waals surface area contributed by atoms with Gasteiger partial charge in [-0.25, -0.2) is 8.42 Å². The van der Waals surface area contributed by atoms with Crippen molar-refractivity contribution in [1.82, 2.24) is 10.6 Å². The molecular formula is C24H31N3O6S. The maximum atomic E-state index is 13.2. The van der Waals surface area contributed by atoms with E-state index in [1.165, 1.54) is 25.2 Å². The van der Waals surface area contributed by atoms with Crippen LogP contribution >= 0.6 is 0 Å². The van der Waals surface area contributed by atoms with Gasteiger partial charge in [0, 0.05) is 18.2 Å². The largest absolute Gasteiger partial charge is 0.491 e. The van der Waals surface area contributed by atoms with Crippen LogP contribution < -0.4 is 19.7 Å². The number of amides is 2. The number of fused-ring (bicyclic) bond motifs is 4. The van der Waals surface area contributed by atoms with Gasteiger partial charge >= 0.3 is 0 Å². The number of carbonyl (C=O) groups excluding carboxylic acids is 2. The highest BCUT2D eigenvalue weighted by atomic mass is 32.2. The molecule has 2 aromatic rings. The zero-order valence-corrected chi connectivity index (χ0v) is 20.6. The van der Waals surface area contributed by atoms with Crippen LogP contribution in [0.1, 0.15) is 40.1 Å². The molecule has 1 heterocycles. The van der Waals surface area contributed by atoms with E-state index in [4.69, 9.17) is 4.74 Å². The van der Waals surface area contributed by atoms with Crippen molar-refractivity contribution >= 4 is 27.5 Å². The van der Waals surface area contributed by atoms with Crippen molar-refractivity contribution in [2.45, 2.75) is 32.4 Å². The molecule has 3 N–H and O–H groups in total. The van der Waals surface area contributed by atoms with Crippen LogP contribution in [0.15, 0.2) is 42.5 Å². The normalized spacial score (nSPS) is 19.4. The second-order valence-electron chi connectivity index (χ2n) is 8.84. The van der Waals surface area contributed by atoms with E-state index in [0.717, 1.165) is 16.1 Å². The van der Waals surface area contributed by atoms with Gasteiger partial charge in [-0.3, -0.25) is 13.9 Å². The highest BCUT2D eigenvalue weighted by Crippen LogP contribution is 2.22. The summed E-state index contributed by atoms with van der Waals surface area (Å²) < 4.78 is 31.2. The van der Waals surface area contributed by atoms with Crippen LogP contribution in [0.3, 0.4) is 0 Å². The van der Waals surface area contributed by atoms with E-state index in [0.29, 0.717) is 12.2 Å². The first-order chi connectivity index (χ1) is 16.0. The monoisotopic (exact) mass is 489 g/mol. The van der Waals surface area contributed by atoms with Crippen LogP contribution in [-0.4, -0.2) is 63.9 Å². The third kappa shape index (κ3) is 6.27. The number of ether oxygens (including phenoxy) is 1. The van der Waals surface area contributed by atoms with Crippen molar-refractivity contribution in [3.8, 4) is 5.75 Å². The first-order valence-electron chi connectivity index (χ1n) is 11.0. The van der Waals surface area contributed by atoms with Crippen molar-refractivity contribution in [3.05, 3.63) is 59.2 Å². The summed E-state index contributed by atoms with van der Waals surface area (Å²) in [6.45, 7) is 3.83. The van der Waals surface area contributed by atoms with E-state index in [9.17, 15) is 23.1 Å². The lowest BCUT2D eigenvalue weighted by Gasteiger charge is -2.24. The van der Waals surface area contributed by atoms with E-state index < -0.39 is 27.9 Å². The smallest absolute Gasteiger partial charge is 0.251 e. The zero-order valence-electron chi connectivity index (χ0n) is 19.7. The molecule has 3 rings (SSSR count). The number of benzene rings is 2. The first kappa shape index (κ1) is 25.5. The van der Waals surface area contributed by atoms with Gasteiger partial charge in [0.25, 0.3) is 11.8 Å². The van der Waals surface area contributed by atoms with Gasteiger partial charge in [0.15, 0.2) is 0 Å². The minimum Gasteiger partial charge on any atom is -0.491 e. The Morgan fingerprint density at radius 1 is 1.09 bits per heavy atom. The Hall–Kier alpha value is -3.11. The molecule has 0 spiro atoms. The van der Waals surface area contributed by atoms with Gasteiger partial charge in [-0.1, -0.05) is 26.0 Å². The molecule has 0 fully saturated rings. The fourth-order valence-electron chi connectivity index (χ4n) is 3.56. The van der Waals surface area contributed by atoms with Crippen molar-refractivity contribution in [1.29, 1.82) is 0 Å². The molecule has 0 aliphatic carbocycles. The average Bonchev–Trinajstić information content (AvgIpc) is 2.79. The quantitative estimate of drug-likeness (QED) is 0.599. The molecule has 4 bridgehead atoms. The van der Waals surface area contributed by atoms with E-state index in [1.54, 1.807) is 0 Å². The molecular weight excluding hydrogens is 458 g/mol. The molecule has 0 saturated heterocycles. The van der Waals surface area contributed by atoms with E-state index in [1.807, 2.05) is 38.1 Å². The van der Waals surface area contributed by atoms with E-state index in [-0.39, 0.29) is 42.0 Å². The number of anilines is 1. The van der Waals surface area contributed by atoms with Gasteiger partial charge in [-0.05, 0) is 48.2 Å². The SMILES string of the molecule is CC(C)[C@H]1COc2cccc(c2)CC(CO)NC(=O)c2cc(cc(N(C)S(C)(=O)=O)c2)C(=O)N1. The third-order valence-electron chi connectivity index (χ3n) is 5.79. The molecule has 0 aromatic heterocycles. The van der Waals surface area contributed by atoms with Gasteiger partial charge in [0.1, 0.15) is 12.4 Å². The lowest BCUT2D eigenvalue weighted by molar-refractivity contribution is 0.0904. The second kappa shape index (κ2) is 10.4. The number of aliphatic hydroxyl groups excluding tert-OH is 1. The minimum atomic E-state index is -3.64. The summed E-state index contributed by atoms with van der Waals surface area (Å²) in [6.07, 6.45) is 1.40. The Morgan fingerprint density at radius 2 is 1.74 bits per heavy atom. The van der Waals surface area contributed by atoms with Crippen LogP contribution in [0.25, 0.3) is 0 Å². The Balaban J connectivity index is 2.09. The fraction of sp³-hybridized carbons (Fsp3) is 0.417. The maximum Gasteiger partial charge on any atom is 0.251 e. The Kier molecular flexibility index (Phi) is 7.83. The first-order valence-corrected chi connectivity index (χ1v) is 12.9. The predicted octanol–water partition coefficient (Wildman–Crippen LogP) is 1.56. The number of nitrogens with one attached hydrogen (secondary N) is 2. The van der Waals surface area contributed by atoms with Gasteiger partial charge in [0.05, 0.1) is 30.6 Å². The van der Waals surface area contributed by atoms with Crippen LogP contribution in [0, 0.1) is 5.92 Å². The Bertz CT molecular complexity index is 1170.